The minimum atomic E-state index is -0.458. The van der Waals surface area contributed by atoms with Gasteiger partial charge < -0.3 is 14.5 Å². The highest BCUT2D eigenvalue weighted by Crippen LogP contribution is 2.34. The first-order chi connectivity index (χ1) is 8.74. The van der Waals surface area contributed by atoms with E-state index in [0.29, 0.717) is 36.0 Å². The van der Waals surface area contributed by atoms with Gasteiger partial charge in [0.25, 0.3) is 0 Å². The molecule has 1 aromatic heterocycles. The van der Waals surface area contributed by atoms with E-state index in [1.807, 2.05) is 0 Å². The van der Waals surface area contributed by atoms with Crippen LogP contribution in [0.4, 0.5) is 4.39 Å². The maximum absolute atomic E-state index is 13.7. The largest absolute Gasteiger partial charge is 0.486 e. The first kappa shape index (κ1) is 11.2. The van der Waals surface area contributed by atoms with E-state index in [0.717, 1.165) is 6.20 Å². The highest BCUT2D eigenvalue weighted by Gasteiger charge is 2.14. The van der Waals surface area contributed by atoms with Crippen LogP contribution in [0.3, 0.4) is 0 Å². The average Bonchev–Trinajstić information content (AvgIpc) is 2.41. The minimum absolute atomic E-state index is 0.237. The molecule has 1 aliphatic heterocycles. The van der Waals surface area contributed by atoms with E-state index in [1.54, 1.807) is 18.2 Å². The number of H-pyrrole nitrogens is 1. The van der Waals surface area contributed by atoms with Crippen molar-refractivity contribution < 1.29 is 13.9 Å². The highest BCUT2D eigenvalue weighted by molar-refractivity contribution is 7.71. The van der Waals surface area contributed by atoms with Gasteiger partial charge in [0.1, 0.15) is 13.2 Å². The van der Waals surface area contributed by atoms with Gasteiger partial charge in [0, 0.05) is 5.56 Å². The number of aromatic nitrogens is 2. The SMILES string of the molecule is Fc1cnc(=S)[nH]c1-c1ccc2c(c1)OCCO2. The van der Waals surface area contributed by atoms with Gasteiger partial charge in [-0.1, -0.05) is 0 Å². The van der Waals surface area contributed by atoms with E-state index >= 15 is 0 Å². The number of hydrogen-bond donors (Lipinski definition) is 1. The normalized spacial score (nSPS) is 13.4. The minimum Gasteiger partial charge on any atom is -0.486 e. The molecule has 1 N–H and O–H groups in total. The lowest BCUT2D eigenvalue weighted by Crippen LogP contribution is -2.15. The number of nitrogens with one attached hydrogen (secondary N) is 1. The predicted molar refractivity (Wildman–Crippen MR) is 65.8 cm³/mol. The van der Waals surface area contributed by atoms with Gasteiger partial charge in [-0.25, -0.2) is 9.37 Å². The first-order valence-corrected chi connectivity index (χ1v) is 5.80. The Morgan fingerprint density at radius 3 is 2.83 bits per heavy atom. The molecule has 0 amide bonds. The zero-order chi connectivity index (χ0) is 12.5. The Morgan fingerprint density at radius 1 is 1.22 bits per heavy atom. The van der Waals surface area contributed by atoms with E-state index in [4.69, 9.17) is 21.7 Å². The third-order valence-electron chi connectivity index (χ3n) is 2.60. The summed E-state index contributed by atoms with van der Waals surface area (Å²) >= 11 is 4.89. The molecule has 0 radical (unpaired) electrons. The van der Waals surface area contributed by atoms with Crippen molar-refractivity contribution in [3.05, 3.63) is 35.0 Å². The second kappa shape index (κ2) is 4.38. The predicted octanol–water partition coefficient (Wildman–Crippen LogP) is 2.72. The Bertz CT molecular complexity index is 657. The van der Waals surface area contributed by atoms with E-state index < -0.39 is 5.82 Å². The molecule has 2 aromatic rings. The highest BCUT2D eigenvalue weighted by atomic mass is 32.1. The molecular weight excluding hydrogens is 255 g/mol. The van der Waals surface area contributed by atoms with Crippen molar-refractivity contribution in [2.75, 3.05) is 13.2 Å². The number of rotatable bonds is 1. The van der Waals surface area contributed by atoms with Gasteiger partial charge in [-0.05, 0) is 30.4 Å². The fourth-order valence-corrected chi connectivity index (χ4v) is 1.94. The topological polar surface area (TPSA) is 47.1 Å². The lowest BCUT2D eigenvalue weighted by atomic mass is 10.1. The third-order valence-corrected chi connectivity index (χ3v) is 2.80. The summed E-state index contributed by atoms with van der Waals surface area (Å²) < 4.78 is 24.8. The van der Waals surface area contributed by atoms with Crippen molar-refractivity contribution in [3.8, 4) is 22.8 Å². The van der Waals surface area contributed by atoms with Gasteiger partial charge in [0.05, 0.1) is 11.9 Å². The molecule has 0 bridgehead atoms. The molecule has 3 rings (SSSR count). The molecule has 6 heteroatoms. The summed E-state index contributed by atoms with van der Waals surface area (Å²) in [4.78, 5) is 6.41. The summed E-state index contributed by atoms with van der Waals surface area (Å²) in [5, 5.41) is 0. The van der Waals surface area contributed by atoms with Crippen molar-refractivity contribution >= 4 is 12.2 Å². The molecule has 18 heavy (non-hydrogen) atoms. The van der Waals surface area contributed by atoms with Crippen molar-refractivity contribution in [2.24, 2.45) is 0 Å². The lowest BCUT2D eigenvalue weighted by Gasteiger charge is -2.18. The molecule has 0 aliphatic carbocycles. The molecule has 0 saturated carbocycles. The number of benzene rings is 1. The fraction of sp³-hybridized carbons (Fsp3) is 0.167. The number of nitrogens with zero attached hydrogens (tertiary/aromatic N) is 1. The zero-order valence-electron chi connectivity index (χ0n) is 9.27. The maximum atomic E-state index is 13.7. The second-order valence-electron chi connectivity index (χ2n) is 3.77. The summed E-state index contributed by atoms with van der Waals surface area (Å²) in [5.41, 5.74) is 0.942. The molecule has 4 nitrogen and oxygen atoms in total. The van der Waals surface area contributed by atoms with Crippen molar-refractivity contribution in [1.82, 2.24) is 9.97 Å². The van der Waals surface area contributed by atoms with E-state index in [2.05, 4.69) is 9.97 Å². The molecule has 1 aliphatic rings. The van der Waals surface area contributed by atoms with Crippen LogP contribution in [0, 0.1) is 10.6 Å². The monoisotopic (exact) mass is 264 g/mol. The van der Waals surface area contributed by atoms with Crippen molar-refractivity contribution in [2.45, 2.75) is 0 Å². The smallest absolute Gasteiger partial charge is 0.197 e. The van der Waals surface area contributed by atoms with Gasteiger partial charge >= 0.3 is 0 Å². The van der Waals surface area contributed by atoms with Crippen molar-refractivity contribution in [3.63, 3.8) is 0 Å². The van der Waals surface area contributed by atoms with Crippen LogP contribution in [-0.2, 0) is 0 Å². The number of halogens is 1. The van der Waals surface area contributed by atoms with Crippen molar-refractivity contribution in [1.29, 1.82) is 0 Å². The Morgan fingerprint density at radius 2 is 2.00 bits per heavy atom. The summed E-state index contributed by atoms with van der Waals surface area (Å²) in [6, 6.07) is 5.22. The van der Waals surface area contributed by atoms with Crippen LogP contribution in [0.2, 0.25) is 0 Å². The van der Waals surface area contributed by atoms with Crippen LogP contribution in [-0.4, -0.2) is 23.2 Å². The van der Waals surface area contributed by atoms with Gasteiger partial charge in [-0.3, -0.25) is 0 Å². The van der Waals surface area contributed by atoms with Gasteiger partial charge in [0.2, 0.25) is 0 Å². The van der Waals surface area contributed by atoms with Crippen LogP contribution < -0.4 is 9.47 Å². The van der Waals surface area contributed by atoms with E-state index in [-0.39, 0.29) is 4.77 Å². The number of hydrogen-bond acceptors (Lipinski definition) is 4. The Labute approximate surface area is 107 Å². The molecule has 1 aromatic carbocycles. The summed E-state index contributed by atoms with van der Waals surface area (Å²) in [7, 11) is 0. The molecule has 0 unspecified atom stereocenters. The fourth-order valence-electron chi connectivity index (χ4n) is 1.79. The van der Waals surface area contributed by atoms with Gasteiger partial charge in [-0.15, -0.1) is 0 Å². The quantitative estimate of drug-likeness (QED) is 0.804. The standard InChI is InChI=1S/C12H9FN2O2S/c13-8-6-14-12(18)15-11(8)7-1-2-9-10(5-7)17-4-3-16-9/h1-2,5-6H,3-4H2,(H,14,15,18). The average molecular weight is 264 g/mol. The van der Waals surface area contributed by atoms with Crippen LogP contribution in [0.25, 0.3) is 11.3 Å². The maximum Gasteiger partial charge on any atom is 0.197 e. The Hall–Kier alpha value is -1.95. The van der Waals surface area contributed by atoms with Gasteiger partial charge in [0.15, 0.2) is 22.1 Å². The summed E-state index contributed by atoms with van der Waals surface area (Å²) in [5.74, 6) is 0.813. The van der Waals surface area contributed by atoms with Crippen LogP contribution >= 0.6 is 12.2 Å². The molecule has 0 spiro atoms. The Kier molecular flexibility index (Phi) is 2.71. The molecule has 0 atom stereocenters. The number of ether oxygens (including phenoxy) is 2. The molecular formula is C12H9FN2O2S. The number of aromatic amines is 1. The van der Waals surface area contributed by atoms with E-state index in [9.17, 15) is 4.39 Å². The lowest BCUT2D eigenvalue weighted by molar-refractivity contribution is 0.171. The molecule has 92 valence electrons. The second-order valence-corrected chi connectivity index (χ2v) is 4.16. The first-order valence-electron chi connectivity index (χ1n) is 5.39. The van der Waals surface area contributed by atoms with Crippen LogP contribution in [0.1, 0.15) is 0 Å². The summed E-state index contributed by atoms with van der Waals surface area (Å²) in [6.07, 6.45) is 1.10. The molecule has 0 saturated heterocycles. The third kappa shape index (κ3) is 1.95. The number of fused-ring (bicyclic) bond motifs is 1. The van der Waals surface area contributed by atoms with Gasteiger partial charge in [-0.2, -0.15) is 0 Å². The van der Waals surface area contributed by atoms with E-state index in [1.165, 1.54) is 0 Å². The molecule has 2 heterocycles. The summed E-state index contributed by atoms with van der Waals surface area (Å²) in [6.45, 7) is 1.02. The molecule has 0 fully saturated rings. The Balaban J connectivity index is 2.11. The zero-order valence-corrected chi connectivity index (χ0v) is 10.1. The van der Waals surface area contributed by atoms with Crippen LogP contribution in [0.5, 0.6) is 11.5 Å². The van der Waals surface area contributed by atoms with Crippen LogP contribution in [0.15, 0.2) is 24.4 Å².